The fourth-order valence-corrected chi connectivity index (χ4v) is 5.53. The summed E-state index contributed by atoms with van der Waals surface area (Å²) in [4.78, 5) is 19.5. The quantitative estimate of drug-likeness (QED) is 0.652. The van der Waals surface area contributed by atoms with Crippen LogP contribution in [0, 0.1) is 0 Å². The first-order valence-electron chi connectivity index (χ1n) is 10.8. The number of carbonyl (C=O) groups is 1. The molecule has 2 aromatic rings. The molecular weight excluding hydrogens is 420 g/mol. The van der Waals surface area contributed by atoms with Gasteiger partial charge in [0, 0.05) is 60.1 Å². The van der Waals surface area contributed by atoms with Gasteiger partial charge in [-0.2, -0.15) is 16.7 Å². The molecule has 6 nitrogen and oxygen atoms in total. The van der Waals surface area contributed by atoms with Gasteiger partial charge in [-0.3, -0.25) is 9.69 Å². The van der Waals surface area contributed by atoms with E-state index in [1.807, 2.05) is 23.9 Å². The van der Waals surface area contributed by atoms with Crippen LogP contribution in [0.3, 0.4) is 0 Å². The standard InChI is InChI=1S/C22H29ClN4O2S/c23-18-8-6-17(7-9-18)21-25-20(29-26-21)5-3-4-19(28)24-16-22(10-1-2-11-22)27-12-14-30-15-13-27/h6-9H,1-5,10-16H2,(H,24,28). The van der Waals surface area contributed by atoms with E-state index in [2.05, 4.69) is 20.4 Å². The molecule has 2 heterocycles. The molecule has 0 radical (unpaired) electrons. The van der Waals surface area contributed by atoms with Gasteiger partial charge in [0.25, 0.3) is 0 Å². The second kappa shape index (κ2) is 10.2. The molecule has 1 aliphatic heterocycles. The maximum absolute atomic E-state index is 12.5. The van der Waals surface area contributed by atoms with Crippen LogP contribution in [0.2, 0.25) is 5.02 Å². The molecule has 2 aliphatic rings. The Morgan fingerprint density at radius 2 is 1.93 bits per heavy atom. The zero-order chi connectivity index (χ0) is 20.8. The molecule has 1 aromatic carbocycles. The summed E-state index contributed by atoms with van der Waals surface area (Å²) in [6.07, 6.45) is 6.72. The molecule has 0 bridgehead atoms. The third-order valence-corrected chi connectivity index (χ3v) is 7.39. The van der Waals surface area contributed by atoms with Gasteiger partial charge < -0.3 is 9.84 Å². The number of aromatic nitrogens is 2. The van der Waals surface area contributed by atoms with Crippen LogP contribution < -0.4 is 5.32 Å². The lowest BCUT2D eigenvalue weighted by Gasteiger charge is -2.43. The Balaban J connectivity index is 1.23. The van der Waals surface area contributed by atoms with Crippen molar-refractivity contribution in [2.24, 2.45) is 0 Å². The average Bonchev–Trinajstić information content (AvgIpc) is 3.44. The van der Waals surface area contributed by atoms with Gasteiger partial charge in [0.1, 0.15) is 0 Å². The summed E-state index contributed by atoms with van der Waals surface area (Å²) in [5, 5.41) is 7.92. The van der Waals surface area contributed by atoms with Crippen LogP contribution in [-0.2, 0) is 11.2 Å². The van der Waals surface area contributed by atoms with Crippen LogP contribution in [0.25, 0.3) is 11.4 Å². The molecule has 1 aliphatic carbocycles. The van der Waals surface area contributed by atoms with E-state index in [0.717, 1.165) is 25.2 Å². The van der Waals surface area contributed by atoms with E-state index in [-0.39, 0.29) is 11.4 Å². The van der Waals surface area contributed by atoms with Crippen LogP contribution in [0.4, 0.5) is 0 Å². The van der Waals surface area contributed by atoms with Crippen molar-refractivity contribution in [2.75, 3.05) is 31.1 Å². The Morgan fingerprint density at radius 3 is 2.67 bits per heavy atom. The number of nitrogens with zero attached hydrogens (tertiary/aromatic N) is 3. The summed E-state index contributed by atoms with van der Waals surface area (Å²) in [5.74, 6) is 3.64. The van der Waals surface area contributed by atoms with E-state index < -0.39 is 0 Å². The van der Waals surface area contributed by atoms with E-state index in [4.69, 9.17) is 16.1 Å². The van der Waals surface area contributed by atoms with Crippen molar-refractivity contribution in [1.82, 2.24) is 20.4 Å². The Morgan fingerprint density at radius 1 is 1.20 bits per heavy atom. The lowest BCUT2D eigenvalue weighted by molar-refractivity contribution is -0.121. The second-order valence-corrected chi connectivity index (χ2v) is 9.84. The van der Waals surface area contributed by atoms with Gasteiger partial charge in [0.15, 0.2) is 0 Å². The maximum Gasteiger partial charge on any atom is 0.226 e. The first-order valence-corrected chi connectivity index (χ1v) is 12.4. The molecule has 0 unspecified atom stereocenters. The molecule has 4 rings (SSSR count). The first kappa shape index (κ1) is 21.7. The molecule has 1 saturated heterocycles. The highest BCUT2D eigenvalue weighted by Crippen LogP contribution is 2.36. The molecule has 162 valence electrons. The van der Waals surface area contributed by atoms with Gasteiger partial charge in [-0.15, -0.1) is 0 Å². The Kier molecular flexibility index (Phi) is 7.33. The van der Waals surface area contributed by atoms with Crippen LogP contribution in [0.15, 0.2) is 28.8 Å². The monoisotopic (exact) mass is 448 g/mol. The molecule has 1 N–H and O–H groups in total. The van der Waals surface area contributed by atoms with Crippen molar-refractivity contribution in [3.05, 3.63) is 35.2 Å². The summed E-state index contributed by atoms with van der Waals surface area (Å²) < 4.78 is 5.33. The third-order valence-electron chi connectivity index (χ3n) is 6.20. The highest BCUT2D eigenvalue weighted by atomic mass is 35.5. The van der Waals surface area contributed by atoms with Crippen molar-refractivity contribution in [2.45, 2.75) is 50.5 Å². The van der Waals surface area contributed by atoms with E-state index in [1.165, 1.54) is 37.2 Å². The van der Waals surface area contributed by atoms with Gasteiger partial charge in [0.2, 0.25) is 17.6 Å². The SMILES string of the molecule is O=C(CCCc1nc(-c2ccc(Cl)cc2)no1)NCC1(N2CCSCC2)CCCC1. The van der Waals surface area contributed by atoms with Crippen molar-refractivity contribution in [3.63, 3.8) is 0 Å². The van der Waals surface area contributed by atoms with Crippen molar-refractivity contribution >= 4 is 29.3 Å². The topological polar surface area (TPSA) is 71.3 Å². The van der Waals surface area contributed by atoms with Crippen LogP contribution in [0.5, 0.6) is 0 Å². The summed E-state index contributed by atoms with van der Waals surface area (Å²) >= 11 is 7.95. The largest absolute Gasteiger partial charge is 0.354 e. The zero-order valence-electron chi connectivity index (χ0n) is 17.2. The lowest BCUT2D eigenvalue weighted by atomic mass is 9.94. The number of nitrogens with one attached hydrogen (secondary N) is 1. The summed E-state index contributed by atoms with van der Waals surface area (Å²) in [6, 6.07) is 7.34. The molecule has 8 heteroatoms. The molecule has 1 aromatic heterocycles. The number of carbonyl (C=O) groups excluding carboxylic acids is 1. The number of thioether (sulfide) groups is 1. The smallest absolute Gasteiger partial charge is 0.226 e. The molecule has 30 heavy (non-hydrogen) atoms. The van der Waals surface area contributed by atoms with Crippen molar-refractivity contribution in [3.8, 4) is 11.4 Å². The fraction of sp³-hybridized carbons (Fsp3) is 0.591. The normalized spacial score (nSPS) is 19.1. The summed E-state index contributed by atoms with van der Waals surface area (Å²) in [7, 11) is 0. The first-order chi connectivity index (χ1) is 14.6. The Labute approximate surface area is 187 Å². The second-order valence-electron chi connectivity index (χ2n) is 8.18. The van der Waals surface area contributed by atoms with E-state index in [9.17, 15) is 4.79 Å². The van der Waals surface area contributed by atoms with Crippen LogP contribution in [-0.4, -0.2) is 57.6 Å². The fourth-order valence-electron chi connectivity index (χ4n) is 4.50. The zero-order valence-corrected chi connectivity index (χ0v) is 18.8. The highest BCUT2D eigenvalue weighted by Gasteiger charge is 2.40. The number of hydrogen-bond donors (Lipinski definition) is 1. The number of aryl methyl sites for hydroxylation is 1. The number of rotatable bonds is 8. The van der Waals surface area contributed by atoms with Crippen LogP contribution >= 0.6 is 23.4 Å². The van der Waals surface area contributed by atoms with Crippen molar-refractivity contribution in [1.29, 1.82) is 0 Å². The van der Waals surface area contributed by atoms with E-state index in [1.54, 1.807) is 12.1 Å². The lowest BCUT2D eigenvalue weighted by Crippen LogP contribution is -2.56. The predicted molar refractivity (Wildman–Crippen MR) is 121 cm³/mol. The van der Waals surface area contributed by atoms with E-state index in [0.29, 0.717) is 36.0 Å². The minimum atomic E-state index is 0.116. The summed E-state index contributed by atoms with van der Waals surface area (Å²) in [5.41, 5.74) is 1.04. The minimum Gasteiger partial charge on any atom is -0.354 e. The van der Waals surface area contributed by atoms with Gasteiger partial charge in [-0.05, 0) is 43.5 Å². The average molecular weight is 449 g/mol. The molecular formula is C22H29ClN4O2S. The van der Waals surface area contributed by atoms with Crippen molar-refractivity contribution < 1.29 is 9.32 Å². The minimum absolute atomic E-state index is 0.116. The molecule has 1 amide bonds. The number of benzene rings is 1. The van der Waals surface area contributed by atoms with Gasteiger partial charge in [-0.1, -0.05) is 29.6 Å². The van der Waals surface area contributed by atoms with E-state index >= 15 is 0 Å². The number of halogens is 1. The van der Waals surface area contributed by atoms with Crippen LogP contribution in [0.1, 0.15) is 44.4 Å². The highest BCUT2D eigenvalue weighted by molar-refractivity contribution is 7.99. The Hall–Kier alpha value is -1.57. The molecule has 0 spiro atoms. The molecule has 1 saturated carbocycles. The molecule has 2 fully saturated rings. The predicted octanol–water partition coefficient (Wildman–Crippen LogP) is 4.19. The summed E-state index contributed by atoms with van der Waals surface area (Å²) in [6.45, 7) is 3.07. The maximum atomic E-state index is 12.5. The third kappa shape index (κ3) is 5.37. The van der Waals surface area contributed by atoms with Gasteiger partial charge in [-0.25, -0.2) is 0 Å². The van der Waals surface area contributed by atoms with Gasteiger partial charge in [0.05, 0.1) is 0 Å². The van der Waals surface area contributed by atoms with Gasteiger partial charge >= 0.3 is 0 Å². The number of hydrogen-bond acceptors (Lipinski definition) is 6. The molecule has 0 atom stereocenters. The Bertz CT molecular complexity index is 830. The number of amides is 1.